The highest BCUT2D eigenvalue weighted by atomic mass is 35.5. The summed E-state index contributed by atoms with van der Waals surface area (Å²) in [6.45, 7) is 6.30. The van der Waals surface area contributed by atoms with E-state index in [1.165, 1.54) is 6.07 Å². The van der Waals surface area contributed by atoms with Crippen molar-refractivity contribution >= 4 is 23.2 Å². The van der Waals surface area contributed by atoms with Crippen molar-refractivity contribution in [3.8, 4) is 11.8 Å². The van der Waals surface area contributed by atoms with Crippen LogP contribution in [0.25, 0.3) is 5.83 Å². The number of carbonyl (C=O) groups is 1. The molecule has 1 unspecified atom stereocenters. The lowest BCUT2D eigenvalue weighted by Crippen LogP contribution is -2.19. The van der Waals surface area contributed by atoms with Crippen molar-refractivity contribution in [2.45, 2.75) is 46.0 Å². The average molecular weight is 505 g/mol. The largest absolute Gasteiger partial charge is 0.417 e. The van der Waals surface area contributed by atoms with Crippen molar-refractivity contribution in [1.29, 1.82) is 0 Å². The maximum atomic E-state index is 14.9. The number of alkyl halides is 6. The summed E-state index contributed by atoms with van der Waals surface area (Å²) in [5.74, 6) is 0.618. The highest BCUT2D eigenvalue weighted by Crippen LogP contribution is 2.40. The first-order valence-electron chi connectivity index (χ1n) is 9.89. The van der Waals surface area contributed by atoms with E-state index in [1.54, 1.807) is 20.8 Å². The third-order valence-corrected chi connectivity index (χ3v) is 4.72. The van der Waals surface area contributed by atoms with Crippen LogP contribution in [-0.2, 0) is 6.18 Å². The van der Waals surface area contributed by atoms with Crippen molar-refractivity contribution < 1.29 is 35.5 Å². The second kappa shape index (κ2) is 9.83. The van der Waals surface area contributed by atoms with Crippen LogP contribution in [0.4, 0.5) is 30.7 Å². The molecule has 0 aromatic heterocycles. The number of carbonyl (C=O) groups excluding carboxylic acids is 1. The fourth-order valence-electron chi connectivity index (χ4n) is 2.98. The molecule has 0 heterocycles. The van der Waals surface area contributed by atoms with Gasteiger partial charge in [-0.1, -0.05) is 35.6 Å². The Morgan fingerprint density at radius 1 is 1.00 bits per heavy atom. The summed E-state index contributed by atoms with van der Waals surface area (Å²) in [6.07, 6.45) is -9.81. The molecule has 9 heteroatoms. The number of allylic oxidation sites excluding steroid dienone is 1. The fraction of sp³-hybridized carbons (Fsp3) is 0.320. The molecule has 182 valence electrons. The molecule has 0 saturated heterocycles. The summed E-state index contributed by atoms with van der Waals surface area (Å²) in [5.41, 5.74) is -3.60. The van der Waals surface area contributed by atoms with Gasteiger partial charge in [0.25, 0.3) is 0 Å². The Morgan fingerprint density at radius 3 is 2.12 bits per heavy atom. The number of ketones is 1. The van der Waals surface area contributed by atoms with Gasteiger partial charge < -0.3 is 0 Å². The number of hydrogen-bond donors (Lipinski definition) is 0. The van der Waals surface area contributed by atoms with Crippen LogP contribution in [0.1, 0.15) is 66.2 Å². The van der Waals surface area contributed by atoms with Crippen LogP contribution >= 0.6 is 11.6 Å². The number of benzene rings is 2. The molecule has 2 aromatic rings. The lowest BCUT2D eigenvalue weighted by Gasteiger charge is -2.19. The van der Waals surface area contributed by atoms with Gasteiger partial charge in [0.1, 0.15) is 11.7 Å². The number of rotatable bonds is 4. The van der Waals surface area contributed by atoms with Crippen molar-refractivity contribution in [2.75, 3.05) is 0 Å². The van der Waals surface area contributed by atoms with E-state index in [1.807, 2.05) is 0 Å². The molecular weight excluding hydrogens is 485 g/mol. The van der Waals surface area contributed by atoms with Crippen LogP contribution in [-0.4, -0.2) is 12.0 Å². The van der Waals surface area contributed by atoms with E-state index in [4.69, 9.17) is 11.6 Å². The van der Waals surface area contributed by atoms with E-state index in [0.717, 1.165) is 31.2 Å². The molecule has 1 nitrogen and oxygen atoms in total. The molecule has 0 aliphatic carbocycles. The van der Waals surface area contributed by atoms with E-state index in [-0.39, 0.29) is 16.7 Å². The number of halogens is 8. The molecule has 0 spiro atoms. The summed E-state index contributed by atoms with van der Waals surface area (Å²) >= 11 is 5.96. The minimum Gasteiger partial charge on any atom is -0.294 e. The molecule has 0 aliphatic heterocycles. The fourth-order valence-corrected chi connectivity index (χ4v) is 3.22. The zero-order valence-electron chi connectivity index (χ0n) is 18.6. The van der Waals surface area contributed by atoms with E-state index in [9.17, 15) is 35.5 Å². The molecule has 0 saturated carbocycles. The quantitative estimate of drug-likeness (QED) is 0.231. The van der Waals surface area contributed by atoms with Gasteiger partial charge in [-0.15, -0.1) is 0 Å². The van der Waals surface area contributed by atoms with E-state index in [0.29, 0.717) is 6.07 Å². The third-order valence-electron chi connectivity index (χ3n) is 4.51. The predicted molar refractivity (Wildman–Crippen MR) is 117 cm³/mol. The molecule has 2 aromatic carbocycles. The van der Waals surface area contributed by atoms with Gasteiger partial charge in [0.15, 0.2) is 5.78 Å². The van der Waals surface area contributed by atoms with Crippen LogP contribution in [0.15, 0.2) is 42.5 Å². The Morgan fingerprint density at radius 2 is 1.62 bits per heavy atom. The monoisotopic (exact) mass is 504 g/mol. The lowest BCUT2D eigenvalue weighted by molar-refractivity contribution is -0.140. The van der Waals surface area contributed by atoms with E-state index < -0.39 is 57.5 Å². The van der Waals surface area contributed by atoms with E-state index >= 15 is 0 Å². The van der Waals surface area contributed by atoms with Gasteiger partial charge in [-0.05, 0) is 63.6 Å². The molecule has 34 heavy (non-hydrogen) atoms. The summed E-state index contributed by atoms with van der Waals surface area (Å²) < 4.78 is 96.3. The molecule has 0 amide bonds. The molecule has 1 atom stereocenters. The van der Waals surface area contributed by atoms with Gasteiger partial charge in [-0.2, -0.15) is 26.3 Å². The van der Waals surface area contributed by atoms with Crippen molar-refractivity contribution in [1.82, 2.24) is 0 Å². The minimum atomic E-state index is -5.01. The van der Waals surface area contributed by atoms with Crippen molar-refractivity contribution in [2.24, 2.45) is 5.41 Å². The Bertz CT molecular complexity index is 1170. The molecule has 2 rings (SSSR count). The first-order chi connectivity index (χ1) is 15.4. The zero-order valence-corrected chi connectivity index (χ0v) is 19.3. The third kappa shape index (κ3) is 7.36. The number of hydrogen-bond acceptors (Lipinski definition) is 1. The average Bonchev–Trinajstić information content (AvgIpc) is 2.67. The van der Waals surface area contributed by atoms with Gasteiger partial charge >= 0.3 is 12.4 Å². The van der Waals surface area contributed by atoms with Crippen LogP contribution in [0.2, 0.25) is 5.02 Å². The summed E-state index contributed by atoms with van der Waals surface area (Å²) in [5, 5.41) is -0.0658. The Balaban J connectivity index is 2.63. The maximum absolute atomic E-state index is 14.9. The Kier molecular flexibility index (Phi) is 7.94. The molecular formula is C25H20ClF7O. The van der Waals surface area contributed by atoms with Gasteiger partial charge in [-0.3, -0.25) is 4.79 Å². The van der Waals surface area contributed by atoms with Crippen LogP contribution < -0.4 is 0 Å². The highest BCUT2D eigenvalue weighted by Gasteiger charge is 2.40. The maximum Gasteiger partial charge on any atom is 0.417 e. The van der Waals surface area contributed by atoms with Crippen molar-refractivity contribution in [3.05, 3.63) is 75.3 Å². The zero-order chi connectivity index (χ0) is 26.1. The molecule has 0 radical (unpaired) electrons. The number of Topliss-reactive ketones (excluding diaryl/α,β-unsaturated/α-hetero) is 1. The summed E-state index contributed by atoms with van der Waals surface area (Å²) in [4.78, 5) is 11.5. The van der Waals surface area contributed by atoms with Gasteiger partial charge in [-0.25, -0.2) is 4.39 Å². The van der Waals surface area contributed by atoms with Crippen LogP contribution in [0, 0.1) is 17.3 Å². The standard InChI is InChI=1S/C25H20ClF7O/c1-14(34)19-6-5-16(12-21(19)25(31,32)33)22(27)13-20(24(28,29)30)17-9-15(10-18(26)11-17)7-8-23(2,3)4/h5-6,9-13,20H,1-4H3/b22-13-. The normalized spacial score (nSPS) is 13.8. The first kappa shape index (κ1) is 27.5. The van der Waals surface area contributed by atoms with Crippen molar-refractivity contribution in [3.63, 3.8) is 0 Å². The van der Waals surface area contributed by atoms with Gasteiger partial charge in [0.05, 0.1) is 5.56 Å². The lowest BCUT2D eigenvalue weighted by atomic mass is 9.93. The Labute approximate surface area is 197 Å². The first-order valence-corrected chi connectivity index (χ1v) is 10.3. The molecule has 0 N–H and O–H groups in total. The second-order valence-corrected chi connectivity index (χ2v) is 9.06. The summed E-state index contributed by atoms with van der Waals surface area (Å²) in [7, 11) is 0. The smallest absolute Gasteiger partial charge is 0.294 e. The van der Waals surface area contributed by atoms with Gasteiger partial charge in [0.2, 0.25) is 0 Å². The van der Waals surface area contributed by atoms with E-state index in [2.05, 4.69) is 11.8 Å². The molecule has 0 fully saturated rings. The minimum absolute atomic E-state index is 0.0658. The van der Waals surface area contributed by atoms with Gasteiger partial charge in [0, 0.05) is 27.1 Å². The highest BCUT2D eigenvalue weighted by molar-refractivity contribution is 6.30. The SMILES string of the molecule is CC(=O)c1ccc(/C(F)=C/C(c2cc(Cl)cc(C#CC(C)(C)C)c2)C(F)(F)F)cc1C(F)(F)F. The Hall–Kier alpha value is -2.79. The molecule has 0 aliphatic rings. The predicted octanol–water partition coefficient (Wildman–Crippen LogP) is 8.62. The van der Waals surface area contributed by atoms with Crippen LogP contribution in [0.3, 0.4) is 0 Å². The second-order valence-electron chi connectivity index (χ2n) is 8.62. The topological polar surface area (TPSA) is 17.1 Å². The summed E-state index contributed by atoms with van der Waals surface area (Å²) in [6, 6.07) is 5.32. The van der Waals surface area contributed by atoms with Crippen LogP contribution in [0.5, 0.6) is 0 Å². The molecule has 0 bridgehead atoms.